The summed E-state index contributed by atoms with van der Waals surface area (Å²) in [7, 11) is 0. The summed E-state index contributed by atoms with van der Waals surface area (Å²) in [4.78, 5) is 31.3. The second-order valence-corrected chi connectivity index (χ2v) is 4.13. The van der Waals surface area contributed by atoms with Crippen LogP contribution in [-0.4, -0.2) is 34.5 Å². The minimum absolute atomic E-state index is 0.219. The van der Waals surface area contributed by atoms with E-state index in [1.54, 1.807) is 6.92 Å². The third-order valence-electron chi connectivity index (χ3n) is 2.78. The van der Waals surface area contributed by atoms with Crippen molar-refractivity contribution in [2.24, 2.45) is 5.92 Å². The van der Waals surface area contributed by atoms with Crippen LogP contribution in [0.15, 0.2) is 0 Å². The van der Waals surface area contributed by atoms with E-state index in [0.29, 0.717) is 6.42 Å². The quantitative estimate of drug-likeness (QED) is 0.370. The summed E-state index contributed by atoms with van der Waals surface area (Å²) in [5, 5.41) is 21.7. The molecule has 3 unspecified atom stereocenters. The fourth-order valence-corrected chi connectivity index (χ4v) is 1.71. The van der Waals surface area contributed by atoms with Crippen LogP contribution in [0.3, 0.4) is 0 Å². The Kier molecular flexibility index (Phi) is 6.84. The molecule has 0 aliphatic carbocycles. The Hall–Kier alpha value is -1.73. The molecule has 0 amide bonds. The van der Waals surface area contributed by atoms with E-state index >= 15 is 0 Å². The topological polar surface area (TPSA) is 113 Å². The average Bonchev–Trinajstić information content (AvgIpc) is 2.26. The second-order valence-electron chi connectivity index (χ2n) is 4.13. The van der Waals surface area contributed by atoms with Gasteiger partial charge in [0.15, 0.2) is 0 Å². The van der Waals surface area contributed by atoms with Gasteiger partial charge in [0.05, 0.1) is 0 Å². The highest BCUT2D eigenvalue weighted by Gasteiger charge is 2.41. The van der Waals surface area contributed by atoms with E-state index in [9.17, 15) is 25.0 Å². The van der Waals surface area contributed by atoms with Crippen LogP contribution in [0.2, 0.25) is 0 Å². The van der Waals surface area contributed by atoms with Crippen LogP contribution in [0, 0.1) is 26.1 Å². The summed E-state index contributed by atoms with van der Waals surface area (Å²) >= 11 is 0. The van der Waals surface area contributed by atoms with Crippen LogP contribution < -0.4 is 0 Å². The first-order valence-corrected chi connectivity index (χ1v) is 5.71. The van der Waals surface area contributed by atoms with E-state index in [2.05, 4.69) is 0 Å². The third-order valence-corrected chi connectivity index (χ3v) is 2.78. The molecule has 0 aromatic rings. The van der Waals surface area contributed by atoms with Crippen molar-refractivity contribution in [1.29, 1.82) is 0 Å². The lowest BCUT2D eigenvalue weighted by Gasteiger charge is -2.21. The van der Waals surface area contributed by atoms with Gasteiger partial charge in [-0.15, -0.1) is 0 Å². The molecule has 0 radical (unpaired) electrons. The number of carbonyl (C=O) groups excluding carboxylic acids is 1. The Labute approximate surface area is 105 Å². The van der Waals surface area contributed by atoms with Gasteiger partial charge in [0.25, 0.3) is 0 Å². The zero-order valence-corrected chi connectivity index (χ0v) is 10.7. The van der Waals surface area contributed by atoms with Crippen molar-refractivity contribution >= 4 is 5.97 Å². The van der Waals surface area contributed by atoms with Crippen LogP contribution in [-0.2, 0) is 9.53 Å². The molecular formula is C10H18N2O6. The lowest BCUT2D eigenvalue weighted by atomic mass is 9.91. The smallest absolute Gasteiger partial charge is 0.302 e. The first kappa shape index (κ1) is 16.3. The Morgan fingerprint density at radius 1 is 1.28 bits per heavy atom. The van der Waals surface area contributed by atoms with Gasteiger partial charge >= 0.3 is 5.97 Å². The molecule has 0 aliphatic heterocycles. The molecule has 0 saturated carbocycles. The molecular weight excluding hydrogens is 244 g/mol. The van der Waals surface area contributed by atoms with Gasteiger partial charge in [-0.2, -0.15) is 0 Å². The highest BCUT2D eigenvalue weighted by Crippen LogP contribution is 2.19. The highest BCUT2D eigenvalue weighted by atomic mass is 16.6. The molecule has 0 N–H and O–H groups in total. The first-order chi connectivity index (χ1) is 8.31. The second kappa shape index (κ2) is 7.57. The predicted octanol–water partition coefficient (Wildman–Crippen LogP) is 1.28. The van der Waals surface area contributed by atoms with E-state index < -0.39 is 33.8 Å². The predicted molar refractivity (Wildman–Crippen MR) is 62.3 cm³/mol. The van der Waals surface area contributed by atoms with Crippen LogP contribution >= 0.6 is 0 Å². The van der Waals surface area contributed by atoms with Crippen molar-refractivity contribution < 1.29 is 19.4 Å². The van der Waals surface area contributed by atoms with E-state index in [1.165, 1.54) is 6.92 Å². The van der Waals surface area contributed by atoms with Gasteiger partial charge in [-0.3, -0.25) is 25.0 Å². The molecule has 0 bridgehead atoms. The van der Waals surface area contributed by atoms with Gasteiger partial charge in [-0.25, -0.2) is 0 Å². The van der Waals surface area contributed by atoms with Gasteiger partial charge in [0.2, 0.25) is 12.1 Å². The summed E-state index contributed by atoms with van der Waals surface area (Å²) < 4.78 is 4.70. The van der Waals surface area contributed by atoms with Gasteiger partial charge in [0, 0.05) is 30.1 Å². The highest BCUT2D eigenvalue weighted by molar-refractivity contribution is 5.65. The molecule has 0 aromatic carbocycles. The van der Waals surface area contributed by atoms with E-state index in [0.717, 1.165) is 6.92 Å². The Morgan fingerprint density at radius 3 is 2.17 bits per heavy atom. The largest absolute Gasteiger partial charge is 0.465 e. The van der Waals surface area contributed by atoms with Crippen molar-refractivity contribution in [3.8, 4) is 0 Å². The molecule has 0 saturated heterocycles. The summed E-state index contributed by atoms with van der Waals surface area (Å²) in [5.74, 6) is -1.52. The number of ether oxygens (including phenoxy) is 1. The van der Waals surface area contributed by atoms with Gasteiger partial charge in [-0.05, 0) is 6.42 Å². The molecule has 8 nitrogen and oxygen atoms in total. The summed E-state index contributed by atoms with van der Waals surface area (Å²) in [5.41, 5.74) is 0. The summed E-state index contributed by atoms with van der Waals surface area (Å²) in [6.45, 7) is 3.91. The fourth-order valence-electron chi connectivity index (χ4n) is 1.71. The van der Waals surface area contributed by atoms with Gasteiger partial charge in [0.1, 0.15) is 12.5 Å². The summed E-state index contributed by atoms with van der Waals surface area (Å²) in [6, 6.07) is -2.21. The van der Waals surface area contributed by atoms with Crippen molar-refractivity contribution in [2.45, 2.75) is 45.7 Å². The number of esters is 1. The van der Waals surface area contributed by atoms with Gasteiger partial charge < -0.3 is 4.74 Å². The number of nitro groups is 2. The Morgan fingerprint density at radius 2 is 1.83 bits per heavy atom. The number of nitrogens with zero attached hydrogens (tertiary/aromatic N) is 2. The van der Waals surface area contributed by atoms with Crippen molar-refractivity contribution in [3.63, 3.8) is 0 Å². The number of rotatable bonds is 8. The Balaban J connectivity index is 4.95. The van der Waals surface area contributed by atoms with Crippen LogP contribution in [0.1, 0.15) is 33.6 Å². The lowest BCUT2D eigenvalue weighted by Crippen LogP contribution is -2.42. The maximum atomic E-state index is 10.9. The normalized spacial score (nSPS) is 15.5. The summed E-state index contributed by atoms with van der Waals surface area (Å²) in [6.07, 6.45) is 0.754. The molecule has 18 heavy (non-hydrogen) atoms. The third kappa shape index (κ3) is 5.07. The molecule has 3 atom stereocenters. The zero-order valence-electron chi connectivity index (χ0n) is 10.7. The molecule has 8 heteroatoms. The maximum absolute atomic E-state index is 10.9. The number of hydrogen-bond acceptors (Lipinski definition) is 6. The monoisotopic (exact) mass is 262 g/mol. The van der Waals surface area contributed by atoms with E-state index in [-0.39, 0.29) is 13.0 Å². The molecule has 0 heterocycles. The number of carbonyl (C=O) groups is 1. The van der Waals surface area contributed by atoms with Crippen LogP contribution in [0.25, 0.3) is 0 Å². The van der Waals surface area contributed by atoms with Crippen LogP contribution in [0.5, 0.6) is 0 Å². The standard InChI is InChI=1S/C10H18N2O6/c1-4-5-10(12(16)17)9(6-18-8(3)13)7(2)11(14)15/h7,9-10H,4-6H2,1-3H3. The molecule has 0 aliphatic rings. The molecule has 104 valence electrons. The van der Waals surface area contributed by atoms with E-state index in [4.69, 9.17) is 4.74 Å². The maximum Gasteiger partial charge on any atom is 0.302 e. The molecule has 0 aromatic heterocycles. The van der Waals surface area contributed by atoms with Crippen molar-refractivity contribution in [3.05, 3.63) is 20.2 Å². The number of hydrogen-bond donors (Lipinski definition) is 0. The molecule has 0 fully saturated rings. The van der Waals surface area contributed by atoms with Crippen molar-refractivity contribution in [1.82, 2.24) is 0 Å². The lowest BCUT2D eigenvalue weighted by molar-refractivity contribution is -0.574. The molecule has 0 spiro atoms. The fraction of sp³-hybridized carbons (Fsp3) is 0.900. The average molecular weight is 262 g/mol. The Bertz CT molecular complexity index is 319. The van der Waals surface area contributed by atoms with Gasteiger partial charge in [-0.1, -0.05) is 6.92 Å². The minimum Gasteiger partial charge on any atom is -0.465 e. The molecule has 0 rings (SSSR count). The minimum atomic E-state index is -1.13. The van der Waals surface area contributed by atoms with Crippen molar-refractivity contribution in [2.75, 3.05) is 6.61 Å². The first-order valence-electron chi connectivity index (χ1n) is 5.71. The van der Waals surface area contributed by atoms with Crippen LogP contribution in [0.4, 0.5) is 0 Å². The SMILES string of the molecule is CCCC(C(COC(C)=O)C(C)[N+](=O)[O-])[N+](=O)[O-]. The zero-order chi connectivity index (χ0) is 14.3. The van der Waals surface area contributed by atoms with E-state index in [1.807, 2.05) is 0 Å².